The maximum atomic E-state index is 6.10. The Morgan fingerprint density at radius 2 is 0.808 bits per heavy atom. The Balaban J connectivity index is 0.000000155. The molecule has 0 unspecified atom stereocenters. The Morgan fingerprint density at radius 1 is 0.442 bits per heavy atom. The Bertz CT molecular complexity index is 1730. The van der Waals surface area contributed by atoms with Gasteiger partial charge in [0.15, 0.2) is 0 Å². The Labute approximate surface area is 320 Å². The predicted octanol–water partition coefficient (Wildman–Crippen LogP) is 8.81. The highest BCUT2D eigenvalue weighted by atomic mass is 79.9. The molecule has 5 heterocycles. The summed E-state index contributed by atoms with van der Waals surface area (Å²) in [6, 6.07) is 24.4. The summed E-state index contributed by atoms with van der Waals surface area (Å²) in [4.78, 5) is 8.25. The molecule has 0 amide bonds. The van der Waals surface area contributed by atoms with Gasteiger partial charge in [0.1, 0.15) is 0 Å². The van der Waals surface area contributed by atoms with Crippen LogP contribution in [-0.2, 0) is 27.9 Å². The quantitative estimate of drug-likeness (QED) is 0.191. The Morgan fingerprint density at radius 3 is 1.19 bits per heavy atom. The maximum Gasteiger partial charge on any atom is 0.494 e. The van der Waals surface area contributed by atoms with Gasteiger partial charge in [-0.15, -0.1) is 0 Å². The fourth-order valence-electron chi connectivity index (χ4n) is 5.58. The van der Waals surface area contributed by atoms with E-state index in [4.69, 9.17) is 27.9 Å². The highest BCUT2D eigenvalue weighted by Gasteiger charge is 2.63. The SMILES string of the molecule is Brc1cccc(-c2cccnc2)c1.CC1(C)OB(B2OC(C)(C)C(C)(C)O2)OC1(C)C.CC1(C)OB(c2cccc(-c3cccnc3)c2)OC1(C)C. The van der Waals surface area contributed by atoms with Crippen molar-refractivity contribution >= 4 is 42.5 Å². The summed E-state index contributed by atoms with van der Waals surface area (Å²) in [5.74, 6) is 0. The fraction of sp³-hybridized carbons (Fsp3) is 0.450. The summed E-state index contributed by atoms with van der Waals surface area (Å²) in [5, 5.41) is 0. The highest BCUT2D eigenvalue weighted by molar-refractivity contribution is 9.10. The molecule has 2 aromatic heterocycles. The van der Waals surface area contributed by atoms with Gasteiger partial charge in [0.25, 0.3) is 0 Å². The third-order valence-electron chi connectivity index (χ3n) is 11.0. The van der Waals surface area contributed by atoms with Crippen LogP contribution in [0.5, 0.6) is 0 Å². The van der Waals surface area contributed by atoms with Crippen molar-refractivity contribution in [1.29, 1.82) is 0 Å². The lowest BCUT2D eigenvalue weighted by atomic mass is 9.49. The predicted molar refractivity (Wildman–Crippen MR) is 215 cm³/mol. The average molecular weight is 769 g/mol. The molecular weight excluding hydrogens is 717 g/mol. The van der Waals surface area contributed by atoms with Gasteiger partial charge in [-0.25, -0.2) is 0 Å². The van der Waals surface area contributed by atoms with Crippen LogP contribution in [0.1, 0.15) is 83.1 Å². The summed E-state index contributed by atoms with van der Waals surface area (Å²) in [5.41, 5.74) is 3.50. The van der Waals surface area contributed by atoms with E-state index in [1.54, 1.807) is 12.4 Å². The molecule has 8 nitrogen and oxygen atoms in total. The van der Waals surface area contributed by atoms with Crippen LogP contribution in [0.15, 0.2) is 102 Å². The first-order valence-corrected chi connectivity index (χ1v) is 18.7. The number of nitrogens with zero attached hydrogens (tertiary/aromatic N) is 2. The molecule has 0 saturated carbocycles. The van der Waals surface area contributed by atoms with Crippen molar-refractivity contribution in [2.75, 3.05) is 0 Å². The molecule has 0 aliphatic carbocycles. The Hall–Kier alpha value is -2.83. The minimum Gasteiger partial charge on any atom is -0.405 e. The van der Waals surface area contributed by atoms with Crippen LogP contribution in [0.4, 0.5) is 0 Å². The van der Waals surface area contributed by atoms with Gasteiger partial charge in [-0.3, -0.25) is 9.97 Å². The van der Waals surface area contributed by atoms with E-state index in [0.29, 0.717) is 0 Å². The van der Waals surface area contributed by atoms with Gasteiger partial charge in [0, 0.05) is 34.8 Å². The zero-order valence-corrected chi connectivity index (χ0v) is 34.3. The molecule has 12 heteroatoms. The topological polar surface area (TPSA) is 81.2 Å². The van der Waals surface area contributed by atoms with Gasteiger partial charge in [-0.05, 0) is 130 Å². The second-order valence-electron chi connectivity index (χ2n) is 16.5. The number of rotatable bonds is 4. The van der Waals surface area contributed by atoms with Crippen molar-refractivity contribution in [3.63, 3.8) is 0 Å². The molecule has 0 spiro atoms. The first-order valence-electron chi connectivity index (χ1n) is 17.9. The van der Waals surface area contributed by atoms with Gasteiger partial charge in [0.2, 0.25) is 0 Å². The standard InChI is InChI=1S/C17H20BNO2.C12H24B2O4.C11H8BrN/c1-16(2)17(3,4)21-18(20-16)15-9-5-7-13(11-15)14-8-6-10-19-12-14;1-9(2)10(3,4)16-13(15-9)14-17-11(5,6)12(7,8)18-14;12-11-5-1-3-9(7-11)10-4-2-6-13-8-10/h5-12H,1-4H3;1-8H3;1-8H. The third kappa shape index (κ3) is 8.92. The number of aromatic nitrogens is 2. The first kappa shape index (κ1) is 40.4. The molecule has 3 aliphatic rings. The average Bonchev–Trinajstić information content (AvgIpc) is 3.55. The number of pyridine rings is 2. The van der Waals surface area contributed by atoms with Crippen molar-refractivity contribution in [3.8, 4) is 22.3 Å². The summed E-state index contributed by atoms with van der Waals surface area (Å²) in [6.45, 7) is 24.5. The van der Waals surface area contributed by atoms with Gasteiger partial charge < -0.3 is 27.9 Å². The van der Waals surface area contributed by atoms with Crippen molar-refractivity contribution in [2.45, 2.75) is 117 Å². The molecule has 3 fully saturated rings. The molecule has 2 aromatic carbocycles. The molecule has 274 valence electrons. The lowest BCUT2D eigenvalue weighted by molar-refractivity contribution is 0.00578. The van der Waals surface area contributed by atoms with E-state index >= 15 is 0 Å². The minimum absolute atomic E-state index is 0.317. The van der Waals surface area contributed by atoms with Gasteiger partial charge in [0.05, 0.1) is 33.6 Å². The summed E-state index contributed by atoms with van der Waals surface area (Å²) in [6.07, 6.45) is 7.29. The van der Waals surface area contributed by atoms with Gasteiger partial charge >= 0.3 is 21.1 Å². The van der Waals surface area contributed by atoms with Crippen LogP contribution in [-0.4, -0.2) is 64.7 Å². The largest absolute Gasteiger partial charge is 0.494 e. The van der Waals surface area contributed by atoms with Crippen molar-refractivity contribution in [1.82, 2.24) is 9.97 Å². The lowest BCUT2D eigenvalue weighted by Crippen LogP contribution is -2.41. The third-order valence-corrected chi connectivity index (χ3v) is 11.5. The molecule has 3 saturated heterocycles. The first-order chi connectivity index (χ1) is 24.1. The van der Waals surface area contributed by atoms with Crippen LogP contribution in [0.25, 0.3) is 22.3 Å². The van der Waals surface area contributed by atoms with E-state index in [1.807, 2.05) is 104 Å². The van der Waals surface area contributed by atoms with Crippen LogP contribution < -0.4 is 5.46 Å². The summed E-state index contributed by atoms with van der Waals surface area (Å²) >= 11 is 3.44. The van der Waals surface area contributed by atoms with E-state index in [9.17, 15) is 0 Å². The van der Waals surface area contributed by atoms with Crippen molar-refractivity contribution < 1.29 is 27.9 Å². The zero-order valence-electron chi connectivity index (χ0n) is 32.7. The van der Waals surface area contributed by atoms with E-state index in [0.717, 1.165) is 26.6 Å². The van der Waals surface area contributed by atoms with Crippen LogP contribution in [0.2, 0.25) is 0 Å². The second kappa shape index (κ2) is 15.1. The normalized spacial score (nSPS) is 21.5. The number of benzene rings is 2. The van der Waals surface area contributed by atoms with Gasteiger partial charge in [-0.2, -0.15) is 0 Å². The van der Waals surface area contributed by atoms with Crippen LogP contribution in [0, 0.1) is 0 Å². The molecule has 3 aliphatic heterocycles. The van der Waals surface area contributed by atoms with Crippen molar-refractivity contribution in [3.05, 3.63) is 102 Å². The van der Waals surface area contributed by atoms with E-state index < -0.39 is 14.0 Å². The molecule has 52 heavy (non-hydrogen) atoms. The van der Waals surface area contributed by atoms with Crippen LogP contribution in [0.3, 0.4) is 0 Å². The smallest absolute Gasteiger partial charge is 0.405 e. The maximum absolute atomic E-state index is 6.10. The fourth-order valence-corrected chi connectivity index (χ4v) is 5.98. The molecule has 0 radical (unpaired) electrons. The monoisotopic (exact) mass is 768 g/mol. The molecule has 0 atom stereocenters. The number of hydrogen-bond donors (Lipinski definition) is 0. The lowest BCUT2D eigenvalue weighted by Gasteiger charge is -2.32. The molecule has 7 rings (SSSR count). The van der Waals surface area contributed by atoms with E-state index in [1.165, 1.54) is 5.56 Å². The number of hydrogen-bond acceptors (Lipinski definition) is 8. The van der Waals surface area contributed by atoms with Crippen LogP contribution >= 0.6 is 15.9 Å². The molecule has 0 N–H and O–H groups in total. The summed E-state index contributed by atoms with van der Waals surface area (Å²) in [7, 11) is -1.28. The summed E-state index contributed by atoms with van der Waals surface area (Å²) < 4.78 is 37.1. The highest BCUT2D eigenvalue weighted by Crippen LogP contribution is 2.43. The Kier molecular flexibility index (Phi) is 11.7. The zero-order chi connectivity index (χ0) is 38.2. The van der Waals surface area contributed by atoms with Crippen molar-refractivity contribution in [2.24, 2.45) is 0 Å². The molecule has 0 bridgehead atoms. The van der Waals surface area contributed by atoms with Gasteiger partial charge in [-0.1, -0.05) is 64.5 Å². The minimum atomic E-state index is -0.476. The second-order valence-corrected chi connectivity index (χ2v) is 17.4. The van der Waals surface area contributed by atoms with E-state index in [2.05, 4.69) is 90.0 Å². The number of halogens is 1. The molecular formula is C40H52B3BrN2O6. The van der Waals surface area contributed by atoms with E-state index in [-0.39, 0.29) is 40.7 Å². The molecule has 4 aromatic rings.